The maximum atomic E-state index is 12.5. The highest BCUT2D eigenvalue weighted by atomic mass is 16.5. The molecule has 0 fully saturated rings. The van der Waals surface area contributed by atoms with Crippen LogP contribution in [0.2, 0.25) is 0 Å². The number of methoxy groups -OCH3 is 3. The van der Waals surface area contributed by atoms with Crippen LogP contribution in [0.4, 0.5) is 5.69 Å². The van der Waals surface area contributed by atoms with Crippen LogP contribution in [-0.2, 0) is 14.3 Å². The van der Waals surface area contributed by atoms with Crippen LogP contribution in [-0.4, -0.2) is 51.6 Å². The van der Waals surface area contributed by atoms with E-state index in [0.29, 0.717) is 0 Å². The van der Waals surface area contributed by atoms with Gasteiger partial charge in [0.2, 0.25) is 5.75 Å². The second-order valence-electron chi connectivity index (χ2n) is 6.24. The first-order valence-electron chi connectivity index (χ1n) is 8.15. The predicted octanol–water partition coefficient (Wildman–Crippen LogP) is 1.83. The van der Waals surface area contributed by atoms with Crippen molar-refractivity contribution < 1.29 is 33.3 Å². The van der Waals surface area contributed by atoms with E-state index in [0.717, 1.165) is 4.90 Å². The van der Waals surface area contributed by atoms with E-state index in [2.05, 4.69) is 0 Å². The lowest BCUT2D eigenvalue weighted by atomic mass is 10.1. The van der Waals surface area contributed by atoms with Gasteiger partial charge in [0.25, 0.3) is 11.7 Å². The Morgan fingerprint density at radius 1 is 1.04 bits per heavy atom. The molecule has 1 unspecified atom stereocenters. The number of carbonyl (C=O) groups excluding carboxylic acids is 3. The summed E-state index contributed by atoms with van der Waals surface area (Å²) < 4.78 is 21.0. The predicted molar refractivity (Wildman–Crippen MR) is 93.2 cm³/mol. The van der Waals surface area contributed by atoms with Crippen LogP contribution in [0.15, 0.2) is 6.07 Å². The van der Waals surface area contributed by atoms with E-state index < -0.39 is 23.7 Å². The number of hydrogen-bond acceptors (Lipinski definition) is 7. The fourth-order valence-electron chi connectivity index (χ4n) is 2.74. The number of anilines is 1. The lowest BCUT2D eigenvalue weighted by Gasteiger charge is -2.24. The Morgan fingerprint density at radius 2 is 1.65 bits per heavy atom. The fraction of sp³-hybridized carbons (Fsp3) is 0.500. The van der Waals surface area contributed by atoms with Gasteiger partial charge in [-0.15, -0.1) is 0 Å². The number of fused-ring (bicyclic) bond motifs is 1. The number of nitrogens with zero attached hydrogens (tertiary/aromatic N) is 1. The first-order chi connectivity index (χ1) is 12.3. The normalized spacial score (nSPS) is 14.3. The third kappa shape index (κ3) is 3.18. The van der Waals surface area contributed by atoms with E-state index in [1.165, 1.54) is 34.3 Å². The smallest absolute Gasteiger partial charge is 0.328 e. The molecule has 0 spiro atoms. The number of amides is 1. The molecule has 1 aliphatic rings. The van der Waals surface area contributed by atoms with Crippen LogP contribution in [0.1, 0.15) is 31.1 Å². The molecule has 1 aromatic rings. The maximum Gasteiger partial charge on any atom is 0.328 e. The van der Waals surface area contributed by atoms with Crippen LogP contribution >= 0.6 is 0 Å². The number of carbonyl (C=O) groups is 3. The average Bonchev–Trinajstić information content (AvgIpc) is 2.87. The minimum Gasteiger partial charge on any atom is -0.493 e. The van der Waals surface area contributed by atoms with Gasteiger partial charge in [0.1, 0.15) is 6.04 Å². The minimum absolute atomic E-state index is 0.0404. The van der Waals surface area contributed by atoms with Crippen LogP contribution in [0, 0.1) is 5.92 Å². The van der Waals surface area contributed by atoms with Crippen molar-refractivity contribution in [1.29, 1.82) is 0 Å². The highest BCUT2D eigenvalue weighted by Crippen LogP contribution is 2.48. The molecule has 0 aliphatic carbocycles. The maximum absolute atomic E-state index is 12.5. The van der Waals surface area contributed by atoms with Gasteiger partial charge in [-0.1, -0.05) is 13.8 Å². The second-order valence-corrected chi connectivity index (χ2v) is 6.24. The standard InChI is InChI=1S/C18H23NO7/c1-9(2)8-26-18(22)10(3)19-11-7-12(23-4)15(24-5)16(25-6)13(11)14(20)17(19)21/h7,9-10H,8H2,1-6H3. The van der Waals surface area contributed by atoms with Gasteiger partial charge in [-0.05, 0) is 12.8 Å². The Hall–Kier alpha value is -2.77. The van der Waals surface area contributed by atoms with Crippen molar-refractivity contribution in [2.45, 2.75) is 26.8 Å². The molecule has 1 aromatic carbocycles. The molecule has 0 aromatic heterocycles. The van der Waals surface area contributed by atoms with Crippen molar-refractivity contribution >= 4 is 23.3 Å². The largest absolute Gasteiger partial charge is 0.493 e. The van der Waals surface area contributed by atoms with Crippen molar-refractivity contribution in [1.82, 2.24) is 0 Å². The van der Waals surface area contributed by atoms with Crippen LogP contribution in [0.25, 0.3) is 0 Å². The van der Waals surface area contributed by atoms with E-state index in [9.17, 15) is 14.4 Å². The second kappa shape index (κ2) is 7.63. The van der Waals surface area contributed by atoms with Crippen LogP contribution in [0.3, 0.4) is 0 Å². The molecule has 26 heavy (non-hydrogen) atoms. The quantitative estimate of drug-likeness (QED) is 0.538. The monoisotopic (exact) mass is 365 g/mol. The lowest BCUT2D eigenvalue weighted by molar-refractivity contribution is -0.146. The molecule has 0 saturated carbocycles. The average molecular weight is 365 g/mol. The molecule has 142 valence electrons. The van der Waals surface area contributed by atoms with E-state index in [1.807, 2.05) is 13.8 Å². The highest BCUT2D eigenvalue weighted by Gasteiger charge is 2.45. The van der Waals surface area contributed by atoms with Crippen molar-refractivity contribution in [3.63, 3.8) is 0 Å². The van der Waals surface area contributed by atoms with Crippen molar-refractivity contribution in [3.8, 4) is 17.2 Å². The van der Waals surface area contributed by atoms with Crippen molar-refractivity contribution in [3.05, 3.63) is 11.6 Å². The third-order valence-electron chi connectivity index (χ3n) is 4.00. The summed E-state index contributed by atoms with van der Waals surface area (Å²) in [6.45, 7) is 5.53. The van der Waals surface area contributed by atoms with E-state index in [1.54, 1.807) is 0 Å². The summed E-state index contributed by atoms with van der Waals surface area (Å²) in [6, 6.07) is 0.500. The Bertz CT molecular complexity index is 742. The zero-order valence-electron chi connectivity index (χ0n) is 15.7. The third-order valence-corrected chi connectivity index (χ3v) is 4.00. The molecule has 0 N–H and O–H groups in total. The summed E-state index contributed by atoms with van der Waals surface area (Å²) in [6.07, 6.45) is 0. The Balaban J connectivity index is 2.53. The Kier molecular flexibility index (Phi) is 5.74. The molecule has 8 heteroatoms. The number of esters is 1. The summed E-state index contributed by atoms with van der Waals surface area (Å²) in [5.41, 5.74) is 0.266. The number of benzene rings is 1. The SMILES string of the molecule is COc1cc2c(c(OC)c1OC)C(=O)C(=O)N2C(C)C(=O)OCC(C)C. The molecule has 8 nitrogen and oxygen atoms in total. The number of Topliss-reactive ketones (excluding diaryl/α,β-unsaturated/α-hetero) is 1. The molecular weight excluding hydrogens is 342 g/mol. The summed E-state index contributed by atoms with van der Waals surface area (Å²) in [7, 11) is 4.18. The van der Waals surface area contributed by atoms with Gasteiger partial charge in [0.15, 0.2) is 11.5 Å². The fourth-order valence-corrected chi connectivity index (χ4v) is 2.74. The first kappa shape index (κ1) is 19.6. The van der Waals surface area contributed by atoms with Gasteiger partial charge in [-0.3, -0.25) is 14.5 Å². The molecule has 1 heterocycles. The highest BCUT2D eigenvalue weighted by molar-refractivity contribution is 6.53. The van der Waals surface area contributed by atoms with E-state index >= 15 is 0 Å². The Labute approximate surface area is 152 Å². The van der Waals surface area contributed by atoms with Gasteiger partial charge in [-0.2, -0.15) is 0 Å². The lowest BCUT2D eigenvalue weighted by Crippen LogP contribution is -2.43. The number of rotatable bonds is 7. The molecule has 1 aliphatic heterocycles. The summed E-state index contributed by atoms with van der Waals surface area (Å²) >= 11 is 0. The summed E-state index contributed by atoms with van der Waals surface area (Å²) in [5, 5.41) is 0. The summed E-state index contributed by atoms with van der Waals surface area (Å²) in [5.74, 6) is -1.49. The molecule has 1 amide bonds. The van der Waals surface area contributed by atoms with Gasteiger partial charge in [0, 0.05) is 6.07 Å². The van der Waals surface area contributed by atoms with Crippen molar-refractivity contribution in [2.24, 2.45) is 5.92 Å². The molecular formula is C18H23NO7. The minimum atomic E-state index is -0.978. The van der Waals surface area contributed by atoms with Crippen LogP contribution in [0.5, 0.6) is 17.2 Å². The van der Waals surface area contributed by atoms with E-state index in [4.69, 9.17) is 18.9 Å². The number of ketones is 1. The molecule has 0 bridgehead atoms. The number of ether oxygens (including phenoxy) is 4. The Morgan fingerprint density at radius 3 is 2.15 bits per heavy atom. The summed E-state index contributed by atoms with van der Waals surface area (Å²) in [4.78, 5) is 38.5. The first-order valence-corrected chi connectivity index (χ1v) is 8.15. The van der Waals surface area contributed by atoms with Gasteiger partial charge < -0.3 is 18.9 Å². The van der Waals surface area contributed by atoms with Crippen molar-refractivity contribution in [2.75, 3.05) is 32.8 Å². The zero-order valence-corrected chi connectivity index (χ0v) is 15.7. The topological polar surface area (TPSA) is 91.4 Å². The zero-order chi connectivity index (χ0) is 19.6. The molecule has 1 atom stereocenters. The van der Waals surface area contributed by atoms with E-state index in [-0.39, 0.29) is 41.0 Å². The van der Waals surface area contributed by atoms with Gasteiger partial charge in [-0.25, -0.2) is 4.79 Å². The number of hydrogen-bond donors (Lipinski definition) is 0. The van der Waals surface area contributed by atoms with Crippen LogP contribution < -0.4 is 19.1 Å². The molecule has 0 radical (unpaired) electrons. The molecule has 0 saturated heterocycles. The van der Waals surface area contributed by atoms with Gasteiger partial charge in [0.05, 0.1) is 39.2 Å². The van der Waals surface area contributed by atoms with Gasteiger partial charge >= 0.3 is 5.97 Å². The molecule has 2 rings (SSSR count).